The molecule has 0 amide bonds. The van der Waals surface area contributed by atoms with Crippen molar-refractivity contribution < 1.29 is 9.44 Å². The van der Waals surface area contributed by atoms with Crippen molar-refractivity contribution in [1.82, 2.24) is 9.10 Å². The van der Waals surface area contributed by atoms with Crippen LogP contribution in [0.25, 0.3) is 0 Å². The van der Waals surface area contributed by atoms with Crippen molar-refractivity contribution in [2.24, 2.45) is 22.7 Å². The maximum atomic E-state index is 5.88. The number of nitrogens with two attached hydrogens (primary N) is 4. The van der Waals surface area contributed by atoms with E-state index in [1.54, 1.807) is 0 Å². The van der Waals surface area contributed by atoms with Gasteiger partial charge in [-0.2, -0.15) is 4.84 Å². The third-order valence-electron chi connectivity index (χ3n) is 1.51. The zero-order valence-corrected chi connectivity index (χ0v) is 10.7. The molecule has 0 spiro atoms. The summed E-state index contributed by atoms with van der Waals surface area (Å²) in [7, 11) is -2.04. The zero-order chi connectivity index (χ0) is 10.7. The Labute approximate surface area is 87.5 Å². The molecule has 1 aliphatic heterocycles. The fourth-order valence-electron chi connectivity index (χ4n) is 0.788. The molecule has 0 aromatic carbocycles. The number of nitrogens with one attached hydrogen (secondary N) is 1. The van der Waals surface area contributed by atoms with Gasteiger partial charge in [0, 0.05) is 0 Å². The van der Waals surface area contributed by atoms with Gasteiger partial charge in [0.25, 0.3) is 0 Å². The van der Waals surface area contributed by atoms with Crippen LogP contribution in [0.3, 0.4) is 0 Å². The van der Waals surface area contributed by atoms with E-state index in [1.807, 2.05) is 6.92 Å². The molecule has 1 saturated heterocycles. The van der Waals surface area contributed by atoms with E-state index in [2.05, 4.69) is 0 Å². The summed E-state index contributed by atoms with van der Waals surface area (Å²) in [6.45, 7) is 2.67. The Bertz CT molecular complexity index is 186. The molecule has 4 unspecified atom stereocenters. The molecule has 0 bridgehead atoms. The van der Waals surface area contributed by atoms with Gasteiger partial charge in [0.1, 0.15) is 6.61 Å². The lowest BCUT2D eigenvalue weighted by molar-refractivity contribution is -0.880. The minimum Gasteiger partial charge on any atom is -0.282 e. The van der Waals surface area contributed by atoms with Crippen molar-refractivity contribution in [2.45, 2.75) is 13.3 Å². The highest BCUT2D eigenvalue weighted by Gasteiger charge is 2.41. The quantitative estimate of drug-likeness (QED) is 0.307. The molecule has 0 saturated carbocycles. The minimum absolute atomic E-state index is 0.215. The van der Waals surface area contributed by atoms with Crippen LogP contribution in [-0.4, -0.2) is 15.7 Å². The van der Waals surface area contributed by atoms with Gasteiger partial charge in [-0.25, -0.2) is 5.50 Å². The number of rotatable bonds is 3. The van der Waals surface area contributed by atoms with Crippen LogP contribution in [0.4, 0.5) is 0 Å². The van der Waals surface area contributed by atoms with Crippen molar-refractivity contribution in [3.8, 4) is 0 Å². The highest BCUT2D eigenvalue weighted by Crippen LogP contribution is 2.50. The molecule has 1 aliphatic rings. The van der Waals surface area contributed by atoms with Gasteiger partial charge >= 0.3 is 8.37 Å². The Kier molecular flexibility index (Phi) is 5.49. The molecule has 8 nitrogen and oxygen atoms in total. The van der Waals surface area contributed by atoms with Crippen molar-refractivity contribution >= 4 is 25.6 Å². The maximum absolute atomic E-state index is 5.88. The van der Waals surface area contributed by atoms with E-state index >= 15 is 0 Å². The Morgan fingerprint density at radius 2 is 2.07 bits per heavy atom. The largest absolute Gasteiger partial charge is 0.320 e. The van der Waals surface area contributed by atoms with E-state index in [0.29, 0.717) is 6.61 Å². The molecule has 84 valence electrons. The summed E-state index contributed by atoms with van der Waals surface area (Å²) >= 11 is 0. The Morgan fingerprint density at radius 3 is 2.64 bits per heavy atom. The van der Waals surface area contributed by atoms with Crippen LogP contribution < -0.4 is 27.3 Å². The maximum Gasteiger partial charge on any atom is 0.320 e. The zero-order valence-electron chi connectivity index (χ0n) is 7.92. The van der Waals surface area contributed by atoms with Crippen molar-refractivity contribution in [3.05, 3.63) is 0 Å². The first-order chi connectivity index (χ1) is 6.57. The van der Waals surface area contributed by atoms with Gasteiger partial charge in [-0.1, -0.05) is 6.92 Å². The summed E-state index contributed by atoms with van der Waals surface area (Å²) in [5, 5.41) is 0. The molecule has 4 atom stereocenters. The predicted octanol–water partition coefficient (Wildman–Crippen LogP) is -1.54. The monoisotopic (exact) mass is 260 g/mol. The number of quaternary nitrogens is 1. The standard InChI is InChI=1S/C3H16N7OP3/c1-2-3-11-10-12-8(4)13(6)9(5)14(10)7/h12H,2-7H2,1H3/p+1. The summed E-state index contributed by atoms with van der Waals surface area (Å²) in [6.07, 6.45) is 0.934. The van der Waals surface area contributed by atoms with Crippen molar-refractivity contribution in [2.75, 3.05) is 6.61 Å². The van der Waals surface area contributed by atoms with E-state index in [9.17, 15) is 0 Å². The first-order valence-corrected chi connectivity index (χ1v) is 7.66. The molecule has 1 rings (SSSR count). The molecule has 1 fully saturated rings. The van der Waals surface area contributed by atoms with Gasteiger partial charge in [-0.15, -0.1) is 13.7 Å². The van der Waals surface area contributed by atoms with Gasteiger partial charge < -0.3 is 0 Å². The molecular formula is C3H17N7OP3+. The van der Waals surface area contributed by atoms with Crippen LogP contribution in [-0.2, 0) is 4.84 Å². The van der Waals surface area contributed by atoms with Crippen LogP contribution in [0.2, 0.25) is 0 Å². The fraction of sp³-hybridized carbons (Fsp3) is 1.00. The molecule has 14 heavy (non-hydrogen) atoms. The molecule has 0 aliphatic carbocycles. The van der Waals surface area contributed by atoms with E-state index in [4.69, 9.17) is 27.5 Å². The summed E-state index contributed by atoms with van der Waals surface area (Å²) in [5.41, 5.74) is 11.6. The third-order valence-corrected chi connectivity index (χ3v) is 6.96. The average molecular weight is 260 g/mol. The average Bonchev–Trinajstić information content (AvgIpc) is 2.18. The van der Waals surface area contributed by atoms with E-state index < -0.39 is 16.7 Å². The first kappa shape index (κ1) is 13.0. The second kappa shape index (κ2) is 5.89. The van der Waals surface area contributed by atoms with Crippen LogP contribution in [0.5, 0.6) is 0 Å². The van der Waals surface area contributed by atoms with Crippen LogP contribution in [0.15, 0.2) is 0 Å². The van der Waals surface area contributed by atoms with Gasteiger partial charge in [0.05, 0.1) is 0 Å². The number of nitrogens with zero attached hydrogens (tertiary/aromatic N) is 2. The second-order valence-corrected chi connectivity index (χ2v) is 7.90. The third kappa shape index (κ3) is 2.98. The van der Waals surface area contributed by atoms with E-state index in [1.165, 1.54) is 9.10 Å². The minimum atomic E-state index is -1.16. The summed E-state index contributed by atoms with van der Waals surface area (Å²) < 4.78 is 3.66. The molecule has 0 aromatic heterocycles. The molecule has 1 heterocycles. The first-order valence-electron chi connectivity index (χ1n) is 4.03. The van der Waals surface area contributed by atoms with Gasteiger partial charge in [-0.05, 0) is 6.42 Å². The normalized spacial score (nSPS) is 37.9. The SMILES string of the molecule is CCCO[NH+]1PN(N)P(N)N(N)P1N. The van der Waals surface area contributed by atoms with Crippen LogP contribution >= 0.6 is 25.6 Å². The van der Waals surface area contributed by atoms with E-state index in [-0.39, 0.29) is 8.88 Å². The van der Waals surface area contributed by atoms with Crippen LogP contribution in [0.1, 0.15) is 13.3 Å². The van der Waals surface area contributed by atoms with Gasteiger partial charge in [-0.3, -0.25) is 17.2 Å². The van der Waals surface area contributed by atoms with Gasteiger partial charge in [0.2, 0.25) is 8.88 Å². The number of hydrazine groups is 2. The highest BCUT2D eigenvalue weighted by atomic mass is 31.3. The smallest absolute Gasteiger partial charge is 0.282 e. The molecule has 0 aromatic rings. The highest BCUT2D eigenvalue weighted by molar-refractivity contribution is 7.71. The van der Waals surface area contributed by atoms with E-state index in [0.717, 1.165) is 11.0 Å². The lowest BCUT2D eigenvalue weighted by Gasteiger charge is -2.38. The lowest BCUT2D eigenvalue weighted by Crippen LogP contribution is -3.01. The molecule has 11 heteroatoms. The summed E-state index contributed by atoms with van der Waals surface area (Å²) in [6, 6.07) is 0. The molecular weight excluding hydrogens is 243 g/mol. The molecule has 0 radical (unpaired) electrons. The summed E-state index contributed by atoms with van der Waals surface area (Å²) in [5.74, 6) is 11.4. The topological polar surface area (TPSA) is 124 Å². The number of hydrogen-bond acceptors (Lipinski definition) is 7. The van der Waals surface area contributed by atoms with Crippen LogP contribution in [0, 0.1) is 0 Å². The Hall–Kier alpha value is 0.970. The lowest BCUT2D eigenvalue weighted by atomic mass is 10.5. The number of hydrogen-bond donors (Lipinski definition) is 5. The van der Waals surface area contributed by atoms with Gasteiger partial charge in [0.15, 0.2) is 8.37 Å². The predicted molar refractivity (Wildman–Crippen MR) is 59.8 cm³/mol. The van der Waals surface area contributed by atoms with Crippen molar-refractivity contribution in [1.29, 1.82) is 0 Å². The fourth-order valence-corrected chi connectivity index (χ4v) is 5.79. The second-order valence-electron chi connectivity index (χ2n) is 2.60. The van der Waals surface area contributed by atoms with Crippen molar-refractivity contribution in [3.63, 3.8) is 0 Å². The Balaban J connectivity index is 2.52. The Morgan fingerprint density at radius 1 is 1.43 bits per heavy atom. The molecule has 9 N–H and O–H groups in total. The summed E-state index contributed by atoms with van der Waals surface area (Å²) in [4.78, 5) is 5.48.